The number of oxime groups is 1. The van der Waals surface area contributed by atoms with Crippen LogP contribution < -0.4 is 20.2 Å². The number of carboxylic acid groups (broad SMARTS) is 1. The minimum absolute atomic E-state index is 0.00941. The molecule has 3 amide bonds. The van der Waals surface area contributed by atoms with Crippen LogP contribution in [0.2, 0.25) is 5.02 Å². The number of benzene rings is 2. The lowest BCUT2D eigenvalue weighted by Gasteiger charge is -2.24. The lowest BCUT2D eigenvalue weighted by molar-refractivity contribution is -0.131. The van der Waals surface area contributed by atoms with E-state index in [4.69, 9.17) is 30.7 Å². The molecule has 40 heavy (non-hydrogen) atoms. The molecule has 1 aromatic heterocycles. The van der Waals surface area contributed by atoms with E-state index in [0.29, 0.717) is 28.5 Å². The molecule has 3 aromatic rings. The molecule has 0 radical (unpaired) electrons. The maximum atomic E-state index is 13.7. The minimum atomic E-state index is -1.26. The zero-order chi connectivity index (χ0) is 28.6. The molecule has 1 aliphatic heterocycles. The normalized spacial score (nSPS) is 17.1. The van der Waals surface area contributed by atoms with Gasteiger partial charge in [-0.05, 0) is 48.7 Å². The third-order valence-electron chi connectivity index (χ3n) is 6.18. The summed E-state index contributed by atoms with van der Waals surface area (Å²) in [7, 11) is 1.52. The van der Waals surface area contributed by atoms with Gasteiger partial charge in [0.2, 0.25) is 11.8 Å². The Morgan fingerprint density at radius 1 is 1.30 bits per heavy atom. The zero-order valence-corrected chi connectivity index (χ0v) is 22.6. The van der Waals surface area contributed by atoms with Crippen LogP contribution >= 0.6 is 11.6 Å². The average molecular weight is 570 g/mol. The number of aromatic carboxylic acids is 1. The number of carboxylic acids is 1. The Morgan fingerprint density at radius 2 is 2.08 bits per heavy atom. The standard InChI is InChI=1S/C27H28ClN5O7/c1-3-20(24-30-21(15-39-24)26(35)36)31-27(37)33-14-23(32-40-19-7-5-4-6-8-19)29-13-17(25(33)34)11-16-12-18(28)9-10-22(16)38-2/h4-10,12,15,17,20H,3,11,13-14H2,1-2H3,(H,29,32)(H,31,37)(H,35,36)/t17-,20?/m1/s1. The first kappa shape index (κ1) is 28.4. The van der Waals surface area contributed by atoms with Gasteiger partial charge in [-0.3, -0.25) is 9.69 Å². The highest BCUT2D eigenvalue weighted by molar-refractivity contribution is 6.30. The predicted octanol–water partition coefficient (Wildman–Crippen LogP) is 3.88. The summed E-state index contributed by atoms with van der Waals surface area (Å²) in [4.78, 5) is 48.9. The van der Waals surface area contributed by atoms with E-state index in [9.17, 15) is 14.4 Å². The number of amides is 3. The van der Waals surface area contributed by atoms with Crippen molar-refractivity contribution in [3.8, 4) is 11.5 Å². The second-order valence-electron chi connectivity index (χ2n) is 8.89. The molecule has 1 saturated heterocycles. The van der Waals surface area contributed by atoms with Crippen LogP contribution in [0.15, 0.2) is 64.4 Å². The highest BCUT2D eigenvalue weighted by Gasteiger charge is 2.35. The number of urea groups is 1. The third-order valence-corrected chi connectivity index (χ3v) is 6.41. The largest absolute Gasteiger partial charge is 0.496 e. The van der Waals surface area contributed by atoms with E-state index in [1.165, 1.54) is 7.11 Å². The van der Waals surface area contributed by atoms with Crippen LogP contribution in [-0.4, -0.2) is 58.9 Å². The molecule has 0 aliphatic carbocycles. The molecule has 2 heterocycles. The number of halogens is 1. The number of nitrogens with zero attached hydrogens (tertiary/aromatic N) is 3. The van der Waals surface area contributed by atoms with E-state index in [1.54, 1.807) is 49.4 Å². The van der Waals surface area contributed by atoms with Crippen LogP contribution in [-0.2, 0) is 11.2 Å². The smallest absolute Gasteiger partial charge is 0.357 e. The Morgan fingerprint density at radius 3 is 2.75 bits per heavy atom. The summed E-state index contributed by atoms with van der Waals surface area (Å²) in [5, 5.41) is 19.6. The van der Waals surface area contributed by atoms with Crippen molar-refractivity contribution in [1.82, 2.24) is 20.5 Å². The molecule has 1 unspecified atom stereocenters. The molecule has 1 fully saturated rings. The lowest BCUT2D eigenvalue weighted by atomic mass is 9.97. The van der Waals surface area contributed by atoms with E-state index in [-0.39, 0.29) is 36.9 Å². The van der Waals surface area contributed by atoms with Gasteiger partial charge in [0.15, 0.2) is 17.3 Å². The number of imide groups is 1. The van der Waals surface area contributed by atoms with Crippen molar-refractivity contribution in [3.63, 3.8) is 0 Å². The minimum Gasteiger partial charge on any atom is -0.496 e. The molecule has 0 saturated carbocycles. The number of nitrogens with one attached hydrogen (secondary N) is 2. The molecule has 210 valence electrons. The van der Waals surface area contributed by atoms with Crippen LogP contribution in [0.4, 0.5) is 4.79 Å². The molecule has 2 atom stereocenters. The van der Waals surface area contributed by atoms with Gasteiger partial charge in [0.1, 0.15) is 18.1 Å². The summed E-state index contributed by atoms with van der Waals surface area (Å²) in [5.74, 6) is -1.12. The Labute approximate surface area is 234 Å². The van der Waals surface area contributed by atoms with E-state index in [2.05, 4.69) is 20.8 Å². The van der Waals surface area contributed by atoms with E-state index >= 15 is 0 Å². The summed E-state index contributed by atoms with van der Waals surface area (Å²) >= 11 is 6.20. The first-order valence-corrected chi connectivity index (χ1v) is 12.8. The number of carbonyl (C=O) groups excluding carboxylic acids is 2. The van der Waals surface area contributed by atoms with E-state index < -0.39 is 29.9 Å². The molecule has 12 nitrogen and oxygen atoms in total. The fourth-order valence-corrected chi connectivity index (χ4v) is 4.29. The fourth-order valence-electron chi connectivity index (χ4n) is 4.10. The van der Waals surface area contributed by atoms with Gasteiger partial charge in [-0.15, -0.1) is 0 Å². The molecule has 0 spiro atoms. The second kappa shape index (κ2) is 13.0. The maximum Gasteiger partial charge on any atom is 0.357 e. The van der Waals surface area contributed by atoms with Crippen molar-refractivity contribution in [2.75, 3.05) is 20.2 Å². The third kappa shape index (κ3) is 6.89. The number of methoxy groups -OCH3 is 1. The van der Waals surface area contributed by atoms with Crippen molar-refractivity contribution in [1.29, 1.82) is 0 Å². The monoisotopic (exact) mass is 569 g/mol. The summed E-state index contributed by atoms with van der Waals surface area (Å²) < 4.78 is 10.7. The van der Waals surface area contributed by atoms with Crippen molar-refractivity contribution >= 4 is 35.3 Å². The quantitative estimate of drug-likeness (QED) is 0.325. The number of hydrogen-bond donors (Lipinski definition) is 3. The van der Waals surface area contributed by atoms with Crippen LogP contribution in [0.25, 0.3) is 0 Å². The van der Waals surface area contributed by atoms with E-state index in [1.807, 2.05) is 6.07 Å². The van der Waals surface area contributed by atoms with Gasteiger partial charge in [0.05, 0.1) is 19.6 Å². The van der Waals surface area contributed by atoms with Gasteiger partial charge in [-0.2, -0.15) is 0 Å². The van der Waals surface area contributed by atoms with E-state index in [0.717, 1.165) is 11.2 Å². The van der Waals surface area contributed by atoms with Gasteiger partial charge < -0.3 is 29.7 Å². The predicted molar refractivity (Wildman–Crippen MR) is 144 cm³/mol. The number of hydrogen-bond acceptors (Lipinski definition) is 8. The van der Waals surface area contributed by atoms with Crippen LogP contribution in [0.1, 0.15) is 41.3 Å². The first-order chi connectivity index (χ1) is 19.3. The Hall–Kier alpha value is -4.58. The molecule has 0 bridgehead atoms. The van der Waals surface area contributed by atoms with Crippen molar-refractivity contribution < 1.29 is 33.5 Å². The summed E-state index contributed by atoms with van der Waals surface area (Å²) in [6.45, 7) is 1.72. The number of oxazole rings is 1. The number of ether oxygens (including phenoxy) is 1. The molecular formula is C27H28ClN5O7. The summed E-state index contributed by atoms with van der Waals surface area (Å²) in [5.41, 5.74) is 0.407. The zero-order valence-electron chi connectivity index (χ0n) is 21.8. The van der Waals surface area contributed by atoms with Crippen LogP contribution in [0.3, 0.4) is 0 Å². The van der Waals surface area contributed by atoms with Gasteiger partial charge >= 0.3 is 12.0 Å². The maximum absolute atomic E-state index is 13.7. The number of aromatic nitrogens is 1. The fraction of sp³-hybridized carbons (Fsp3) is 0.296. The average Bonchev–Trinajstić information content (AvgIpc) is 3.40. The Balaban J connectivity index is 1.60. The second-order valence-corrected chi connectivity index (χ2v) is 9.33. The molecule has 13 heteroatoms. The molecule has 3 N–H and O–H groups in total. The van der Waals surface area contributed by atoms with Crippen molar-refractivity contribution in [2.45, 2.75) is 25.8 Å². The first-order valence-electron chi connectivity index (χ1n) is 12.4. The molecular weight excluding hydrogens is 542 g/mol. The molecule has 4 rings (SSSR count). The van der Waals surface area contributed by atoms with Gasteiger partial charge in [0, 0.05) is 11.6 Å². The van der Waals surface area contributed by atoms with Crippen LogP contribution in [0.5, 0.6) is 11.5 Å². The van der Waals surface area contributed by atoms with Gasteiger partial charge in [0.25, 0.3) is 0 Å². The highest BCUT2D eigenvalue weighted by Crippen LogP contribution is 2.27. The summed E-state index contributed by atoms with van der Waals surface area (Å²) in [6, 6.07) is 12.5. The number of carbonyl (C=O) groups is 3. The van der Waals surface area contributed by atoms with Gasteiger partial charge in [-0.1, -0.05) is 41.9 Å². The number of rotatable bonds is 9. The lowest BCUT2D eigenvalue weighted by Crippen LogP contribution is -2.48. The highest BCUT2D eigenvalue weighted by atomic mass is 35.5. The van der Waals surface area contributed by atoms with Crippen LogP contribution in [0, 0.1) is 5.92 Å². The Kier molecular flexibility index (Phi) is 9.23. The number of para-hydroxylation sites is 1. The van der Waals surface area contributed by atoms with Crippen molar-refractivity contribution in [3.05, 3.63) is 77.0 Å². The molecule has 1 aliphatic rings. The topological polar surface area (TPSA) is 156 Å². The SMILES string of the molecule is CCC(NC(=O)N1C/C(=N/Oc2ccccc2)NC[C@@H](Cc2cc(Cl)ccc2OC)C1=O)c1nc(C(=O)O)co1. The molecule has 2 aromatic carbocycles. The summed E-state index contributed by atoms with van der Waals surface area (Å²) in [6.07, 6.45) is 1.55. The number of amidine groups is 1. The van der Waals surface area contributed by atoms with Crippen molar-refractivity contribution in [2.24, 2.45) is 11.1 Å². The Bertz CT molecular complexity index is 1390. The van der Waals surface area contributed by atoms with Gasteiger partial charge in [-0.25, -0.2) is 14.6 Å².